The number of likely N-dealkylation sites (tertiary alicyclic amines) is 1. The third-order valence-corrected chi connectivity index (χ3v) is 6.05. The zero-order chi connectivity index (χ0) is 25.7. The monoisotopic (exact) mass is 490 g/mol. The molecule has 0 radical (unpaired) electrons. The van der Waals surface area contributed by atoms with Crippen molar-refractivity contribution in [1.82, 2.24) is 20.0 Å². The number of nitrogens with zero attached hydrogens (tertiary/aromatic N) is 3. The zero-order valence-electron chi connectivity index (χ0n) is 21.4. The number of hydrogen-bond donors (Lipinski definition) is 1. The number of amides is 2. The number of hydrogen-bond acceptors (Lipinski definition) is 5. The van der Waals surface area contributed by atoms with Gasteiger partial charge in [-0.3, -0.25) is 9.48 Å². The van der Waals surface area contributed by atoms with Crippen LogP contribution in [0.1, 0.15) is 49.5 Å². The molecule has 0 unspecified atom stereocenters. The van der Waals surface area contributed by atoms with Gasteiger partial charge in [0.15, 0.2) is 0 Å². The minimum Gasteiger partial charge on any atom is -0.497 e. The van der Waals surface area contributed by atoms with Gasteiger partial charge >= 0.3 is 6.09 Å². The molecular weight excluding hydrogens is 456 g/mol. The first-order chi connectivity index (χ1) is 17.2. The number of carbonyl (C=O) groups is 2. The Morgan fingerprint density at radius 1 is 1.03 bits per heavy atom. The van der Waals surface area contributed by atoms with Gasteiger partial charge in [-0.2, -0.15) is 5.10 Å². The van der Waals surface area contributed by atoms with E-state index in [2.05, 4.69) is 5.32 Å². The molecular formula is C28H34N4O4. The summed E-state index contributed by atoms with van der Waals surface area (Å²) >= 11 is 0. The van der Waals surface area contributed by atoms with Crippen molar-refractivity contribution < 1.29 is 19.1 Å². The molecule has 0 saturated carbocycles. The van der Waals surface area contributed by atoms with Crippen molar-refractivity contribution in [3.8, 4) is 17.0 Å². The van der Waals surface area contributed by atoms with Crippen LogP contribution in [0.15, 0.2) is 60.8 Å². The van der Waals surface area contributed by atoms with E-state index in [4.69, 9.17) is 14.6 Å². The minimum atomic E-state index is -0.543. The Morgan fingerprint density at radius 3 is 2.31 bits per heavy atom. The number of piperidine rings is 1. The maximum absolute atomic E-state index is 13.6. The molecule has 3 aromatic rings. The Labute approximate surface area is 212 Å². The van der Waals surface area contributed by atoms with Gasteiger partial charge in [0.05, 0.1) is 19.2 Å². The lowest BCUT2D eigenvalue weighted by molar-refractivity contribution is 0.0473. The smallest absolute Gasteiger partial charge is 0.407 e. The summed E-state index contributed by atoms with van der Waals surface area (Å²) < 4.78 is 12.5. The summed E-state index contributed by atoms with van der Waals surface area (Å²) in [5, 5.41) is 7.72. The van der Waals surface area contributed by atoms with E-state index >= 15 is 0 Å². The largest absolute Gasteiger partial charge is 0.497 e. The number of carbonyl (C=O) groups excluding carboxylic acids is 2. The Hall–Kier alpha value is -3.81. The number of methoxy groups -OCH3 is 1. The van der Waals surface area contributed by atoms with E-state index in [1.54, 1.807) is 7.11 Å². The summed E-state index contributed by atoms with van der Waals surface area (Å²) in [5.41, 5.74) is 2.63. The topological polar surface area (TPSA) is 85.7 Å². The first-order valence-electron chi connectivity index (χ1n) is 12.3. The molecule has 2 aromatic carbocycles. The number of aromatic nitrogens is 2. The van der Waals surface area contributed by atoms with Gasteiger partial charge in [0.2, 0.25) is 0 Å². The van der Waals surface area contributed by atoms with E-state index in [9.17, 15) is 9.59 Å². The van der Waals surface area contributed by atoms with Gasteiger partial charge in [-0.25, -0.2) is 4.79 Å². The number of nitrogens with one attached hydrogen (secondary N) is 1. The van der Waals surface area contributed by atoms with Crippen LogP contribution in [-0.2, 0) is 11.3 Å². The van der Waals surface area contributed by atoms with Gasteiger partial charge in [-0.05, 0) is 63.4 Å². The number of ether oxygens (including phenoxy) is 2. The molecule has 0 atom stereocenters. The fraction of sp³-hybridized carbons (Fsp3) is 0.393. The Balaban J connectivity index is 1.50. The van der Waals surface area contributed by atoms with Crippen molar-refractivity contribution in [2.45, 2.75) is 51.8 Å². The molecule has 8 heteroatoms. The van der Waals surface area contributed by atoms with Crippen molar-refractivity contribution in [3.63, 3.8) is 0 Å². The normalized spacial score (nSPS) is 14.4. The number of benzene rings is 2. The molecule has 8 nitrogen and oxygen atoms in total. The van der Waals surface area contributed by atoms with Crippen LogP contribution in [0.3, 0.4) is 0 Å². The highest BCUT2D eigenvalue weighted by molar-refractivity contribution is 6.00. The zero-order valence-corrected chi connectivity index (χ0v) is 21.4. The van der Waals surface area contributed by atoms with Crippen molar-refractivity contribution >= 4 is 12.0 Å². The third kappa shape index (κ3) is 6.44. The standard InChI is InChI=1S/C28H34N4O4/c1-28(2,3)36-27(34)29-22-14-16-31(17-15-22)26(33)24-19-32(18-20-8-6-5-7-9-20)30-25(24)21-10-12-23(35-4)13-11-21/h5-13,19,22H,14-18H2,1-4H3,(H,29,34). The summed E-state index contributed by atoms with van der Waals surface area (Å²) in [7, 11) is 1.62. The van der Waals surface area contributed by atoms with Crippen LogP contribution in [0, 0.1) is 0 Å². The quantitative estimate of drug-likeness (QED) is 0.540. The Bertz CT molecular complexity index is 1170. The van der Waals surface area contributed by atoms with Gasteiger partial charge < -0.3 is 19.7 Å². The van der Waals surface area contributed by atoms with E-state index in [0.717, 1.165) is 16.9 Å². The fourth-order valence-corrected chi connectivity index (χ4v) is 4.26. The minimum absolute atomic E-state index is 0.0224. The van der Waals surface area contributed by atoms with E-state index in [1.807, 2.05) is 91.1 Å². The molecule has 1 N–H and O–H groups in total. The first kappa shape index (κ1) is 25.3. The lowest BCUT2D eigenvalue weighted by Crippen LogP contribution is -2.47. The van der Waals surface area contributed by atoms with E-state index in [0.29, 0.717) is 43.7 Å². The van der Waals surface area contributed by atoms with Crippen LogP contribution in [0.4, 0.5) is 4.79 Å². The van der Waals surface area contributed by atoms with Crippen LogP contribution in [0.25, 0.3) is 11.3 Å². The van der Waals surface area contributed by atoms with Crippen LogP contribution in [-0.4, -0.2) is 58.5 Å². The van der Waals surface area contributed by atoms with Gasteiger partial charge in [0.25, 0.3) is 5.91 Å². The van der Waals surface area contributed by atoms with Gasteiger partial charge in [0, 0.05) is 30.9 Å². The van der Waals surface area contributed by atoms with Crippen molar-refractivity contribution in [2.24, 2.45) is 0 Å². The maximum atomic E-state index is 13.6. The average Bonchev–Trinajstić information content (AvgIpc) is 3.27. The molecule has 1 aliphatic heterocycles. The molecule has 1 saturated heterocycles. The molecule has 190 valence electrons. The Morgan fingerprint density at radius 2 is 1.69 bits per heavy atom. The van der Waals surface area contributed by atoms with Crippen LogP contribution in [0.2, 0.25) is 0 Å². The van der Waals surface area contributed by atoms with Crippen LogP contribution in [0.5, 0.6) is 5.75 Å². The second kappa shape index (κ2) is 10.8. The van der Waals surface area contributed by atoms with Crippen LogP contribution < -0.4 is 10.1 Å². The van der Waals surface area contributed by atoms with E-state index < -0.39 is 11.7 Å². The first-order valence-corrected chi connectivity index (χ1v) is 12.3. The fourth-order valence-electron chi connectivity index (χ4n) is 4.26. The molecule has 1 fully saturated rings. The molecule has 0 aliphatic carbocycles. The lowest BCUT2D eigenvalue weighted by atomic mass is 10.0. The highest BCUT2D eigenvalue weighted by Crippen LogP contribution is 2.27. The van der Waals surface area contributed by atoms with E-state index in [-0.39, 0.29) is 11.9 Å². The summed E-state index contributed by atoms with van der Waals surface area (Å²) in [6.07, 6.45) is 2.75. The highest BCUT2D eigenvalue weighted by atomic mass is 16.6. The maximum Gasteiger partial charge on any atom is 0.407 e. The van der Waals surface area contributed by atoms with Gasteiger partial charge in [-0.15, -0.1) is 0 Å². The third-order valence-electron chi connectivity index (χ3n) is 6.05. The summed E-state index contributed by atoms with van der Waals surface area (Å²) in [6, 6.07) is 17.6. The molecule has 1 aliphatic rings. The van der Waals surface area contributed by atoms with E-state index in [1.165, 1.54) is 0 Å². The summed E-state index contributed by atoms with van der Waals surface area (Å²) in [4.78, 5) is 27.6. The summed E-state index contributed by atoms with van der Waals surface area (Å²) in [6.45, 7) is 7.18. The molecule has 0 spiro atoms. The second-order valence-corrected chi connectivity index (χ2v) is 10.0. The number of rotatable bonds is 6. The average molecular weight is 491 g/mol. The number of alkyl carbamates (subject to hydrolysis) is 1. The highest BCUT2D eigenvalue weighted by Gasteiger charge is 2.29. The van der Waals surface area contributed by atoms with Crippen molar-refractivity contribution in [3.05, 3.63) is 71.9 Å². The van der Waals surface area contributed by atoms with Crippen molar-refractivity contribution in [2.75, 3.05) is 20.2 Å². The summed E-state index contributed by atoms with van der Waals surface area (Å²) in [5.74, 6) is 0.686. The van der Waals surface area contributed by atoms with Gasteiger partial charge in [0.1, 0.15) is 17.0 Å². The second-order valence-electron chi connectivity index (χ2n) is 10.0. The SMILES string of the molecule is COc1ccc(-c2nn(Cc3ccccc3)cc2C(=O)N2CCC(NC(=O)OC(C)(C)C)CC2)cc1. The lowest BCUT2D eigenvalue weighted by Gasteiger charge is -2.32. The molecule has 4 rings (SSSR count). The van der Waals surface area contributed by atoms with Crippen molar-refractivity contribution in [1.29, 1.82) is 0 Å². The molecule has 0 bridgehead atoms. The van der Waals surface area contributed by atoms with Gasteiger partial charge in [-0.1, -0.05) is 30.3 Å². The molecule has 2 amide bonds. The predicted molar refractivity (Wildman–Crippen MR) is 138 cm³/mol. The molecule has 36 heavy (non-hydrogen) atoms. The molecule has 2 heterocycles. The molecule has 1 aromatic heterocycles. The predicted octanol–water partition coefficient (Wildman–Crippen LogP) is 4.74. The van der Waals surface area contributed by atoms with Crippen LogP contribution >= 0.6 is 0 Å². The Kier molecular flexibility index (Phi) is 7.62.